The largest absolute Gasteiger partial charge is 0.387 e. The van der Waals surface area contributed by atoms with E-state index in [1.807, 2.05) is 58.5 Å². The van der Waals surface area contributed by atoms with E-state index in [9.17, 15) is 5.11 Å². The topological polar surface area (TPSA) is 57.2 Å². The number of aliphatic hydroxyl groups is 1. The fraction of sp³-hybridized carbons (Fsp3) is 0.381. The molecule has 1 unspecified atom stereocenters. The highest BCUT2D eigenvalue weighted by molar-refractivity contribution is 5.85. The van der Waals surface area contributed by atoms with Gasteiger partial charge in [0.1, 0.15) is 0 Å². The molecule has 0 saturated heterocycles. The Labute approximate surface area is 178 Å². The van der Waals surface area contributed by atoms with Crippen LogP contribution in [0.4, 0.5) is 0 Å². The van der Waals surface area contributed by atoms with Crippen molar-refractivity contribution >= 4 is 35.8 Å². The highest BCUT2D eigenvalue weighted by atomic mass is 35.5. The first-order valence-electron chi connectivity index (χ1n) is 9.09. The molecule has 0 spiro atoms. The number of para-hydroxylation sites is 2. The molecule has 0 aliphatic heterocycles. The maximum Gasteiger partial charge on any atom is 0.203 e. The van der Waals surface area contributed by atoms with E-state index in [1.54, 1.807) is 0 Å². The molecule has 0 amide bonds. The molecule has 0 saturated carbocycles. The van der Waals surface area contributed by atoms with E-state index in [0.29, 0.717) is 12.2 Å². The van der Waals surface area contributed by atoms with Crippen LogP contribution >= 0.6 is 24.8 Å². The average molecular weight is 425 g/mol. The summed E-state index contributed by atoms with van der Waals surface area (Å²) >= 11 is 0. The molecule has 0 aliphatic rings. The molecule has 1 atom stereocenters. The first-order valence-corrected chi connectivity index (χ1v) is 9.09. The van der Waals surface area contributed by atoms with Gasteiger partial charge in [-0.2, -0.15) is 0 Å². The maximum absolute atomic E-state index is 10.7. The first kappa shape index (κ1) is 24.2. The molecule has 2 N–H and O–H groups in total. The summed E-state index contributed by atoms with van der Waals surface area (Å²) in [5, 5.41) is 19.3. The molecule has 0 bridgehead atoms. The number of halogens is 2. The van der Waals surface area contributed by atoms with Crippen LogP contribution in [-0.4, -0.2) is 39.8 Å². The van der Waals surface area contributed by atoms with Gasteiger partial charge in [-0.1, -0.05) is 42.0 Å². The number of hydrogen-bond donors (Lipinski definition) is 2. The third-order valence-electron chi connectivity index (χ3n) is 4.78. The van der Waals surface area contributed by atoms with Gasteiger partial charge in [-0.05, 0) is 51.7 Å². The van der Waals surface area contributed by atoms with Gasteiger partial charge in [-0.3, -0.25) is 5.41 Å². The zero-order valence-corrected chi connectivity index (χ0v) is 18.3. The Bertz CT molecular complexity index is 932. The van der Waals surface area contributed by atoms with Crippen molar-refractivity contribution in [1.82, 2.24) is 14.0 Å². The molecule has 0 radical (unpaired) electrons. The maximum atomic E-state index is 10.7. The molecule has 28 heavy (non-hydrogen) atoms. The molecule has 1 heterocycles. The molecular weight excluding hydrogens is 395 g/mol. The Morgan fingerprint density at radius 2 is 1.54 bits per heavy atom. The zero-order valence-electron chi connectivity index (χ0n) is 16.6. The van der Waals surface area contributed by atoms with E-state index in [2.05, 4.69) is 25.1 Å². The van der Waals surface area contributed by atoms with Crippen molar-refractivity contribution in [2.45, 2.75) is 32.5 Å². The number of aromatic nitrogens is 2. The first-order chi connectivity index (χ1) is 12.5. The lowest BCUT2D eigenvalue weighted by Crippen LogP contribution is -2.27. The van der Waals surface area contributed by atoms with Crippen LogP contribution in [0.5, 0.6) is 0 Å². The highest BCUT2D eigenvalue weighted by Crippen LogP contribution is 2.19. The SMILES string of the molecule is Cc1ccc(C(O)Cn2c(=N)n(CCCN(C)C)c3ccccc32)cc1.Cl.Cl. The van der Waals surface area contributed by atoms with Gasteiger partial charge in [0, 0.05) is 6.54 Å². The van der Waals surface area contributed by atoms with Gasteiger partial charge in [-0.25, -0.2) is 0 Å². The normalized spacial score (nSPS) is 11.9. The second-order valence-corrected chi connectivity index (χ2v) is 7.16. The monoisotopic (exact) mass is 424 g/mol. The van der Waals surface area contributed by atoms with E-state index in [1.165, 1.54) is 5.56 Å². The standard InChI is InChI=1S/C21H28N4O.2ClH/c1-16-9-11-17(12-10-16)20(26)15-25-19-8-5-4-7-18(19)24(21(25)22)14-6-13-23(2)3;;/h4-5,7-12,20,22,26H,6,13-15H2,1-3H3;2*1H. The molecule has 0 fully saturated rings. The van der Waals surface area contributed by atoms with Crippen molar-refractivity contribution in [2.75, 3.05) is 20.6 Å². The van der Waals surface area contributed by atoms with Crippen LogP contribution in [0.1, 0.15) is 23.7 Å². The summed E-state index contributed by atoms with van der Waals surface area (Å²) in [6, 6.07) is 16.0. The quantitative estimate of drug-likeness (QED) is 0.606. The lowest BCUT2D eigenvalue weighted by atomic mass is 10.1. The molecule has 0 aliphatic carbocycles. The smallest absolute Gasteiger partial charge is 0.203 e. The van der Waals surface area contributed by atoms with E-state index in [-0.39, 0.29) is 24.8 Å². The summed E-state index contributed by atoms with van der Waals surface area (Å²) in [7, 11) is 4.13. The second kappa shape index (κ2) is 10.7. The number of fused-ring (bicyclic) bond motifs is 1. The number of rotatable bonds is 7. The summed E-state index contributed by atoms with van der Waals surface area (Å²) in [5.41, 5.74) is 4.54. The molecular formula is C21H30Cl2N4O. The molecule has 154 valence electrons. The predicted octanol–water partition coefficient (Wildman–Crippen LogP) is 3.76. The minimum absolute atomic E-state index is 0. The van der Waals surface area contributed by atoms with Crippen molar-refractivity contribution in [3.8, 4) is 0 Å². The van der Waals surface area contributed by atoms with Crippen LogP contribution in [0.15, 0.2) is 48.5 Å². The predicted molar refractivity (Wildman–Crippen MR) is 120 cm³/mol. The van der Waals surface area contributed by atoms with Crippen molar-refractivity contribution in [1.29, 1.82) is 5.41 Å². The van der Waals surface area contributed by atoms with Crippen LogP contribution in [0.2, 0.25) is 0 Å². The van der Waals surface area contributed by atoms with E-state index >= 15 is 0 Å². The van der Waals surface area contributed by atoms with Gasteiger partial charge in [0.25, 0.3) is 0 Å². The number of nitrogens with one attached hydrogen (secondary N) is 1. The average Bonchev–Trinajstić information content (AvgIpc) is 2.88. The van der Waals surface area contributed by atoms with Gasteiger partial charge < -0.3 is 19.1 Å². The number of benzene rings is 2. The number of hydrogen-bond acceptors (Lipinski definition) is 3. The summed E-state index contributed by atoms with van der Waals surface area (Å²) in [4.78, 5) is 2.16. The molecule has 7 heteroatoms. The third kappa shape index (κ3) is 5.39. The fourth-order valence-electron chi connectivity index (χ4n) is 3.32. The number of aliphatic hydroxyl groups excluding tert-OH is 1. The molecule has 5 nitrogen and oxygen atoms in total. The van der Waals surface area contributed by atoms with Gasteiger partial charge in [0.2, 0.25) is 5.62 Å². The van der Waals surface area contributed by atoms with Crippen LogP contribution in [-0.2, 0) is 13.1 Å². The van der Waals surface area contributed by atoms with E-state index in [0.717, 1.165) is 36.1 Å². The van der Waals surface area contributed by atoms with Crippen LogP contribution in [0, 0.1) is 12.3 Å². The van der Waals surface area contributed by atoms with Crippen molar-refractivity contribution in [3.63, 3.8) is 0 Å². The Hall–Kier alpha value is -1.79. The zero-order chi connectivity index (χ0) is 18.7. The Balaban J connectivity index is 0.00000196. The lowest BCUT2D eigenvalue weighted by Gasteiger charge is -2.13. The van der Waals surface area contributed by atoms with Crippen molar-refractivity contribution in [3.05, 3.63) is 65.3 Å². The molecule has 1 aromatic heterocycles. The van der Waals surface area contributed by atoms with E-state index < -0.39 is 6.10 Å². The van der Waals surface area contributed by atoms with Gasteiger partial charge in [0.05, 0.1) is 23.7 Å². The Kier molecular flexibility index (Phi) is 9.24. The highest BCUT2D eigenvalue weighted by Gasteiger charge is 2.15. The van der Waals surface area contributed by atoms with Gasteiger partial charge >= 0.3 is 0 Å². The number of nitrogens with zero attached hydrogens (tertiary/aromatic N) is 3. The summed E-state index contributed by atoms with van der Waals surface area (Å²) < 4.78 is 3.95. The summed E-state index contributed by atoms with van der Waals surface area (Å²) in [5.74, 6) is 0. The molecule has 3 aromatic rings. The van der Waals surface area contributed by atoms with Crippen LogP contribution < -0.4 is 5.62 Å². The Morgan fingerprint density at radius 1 is 0.964 bits per heavy atom. The van der Waals surface area contributed by atoms with Crippen LogP contribution in [0.25, 0.3) is 11.0 Å². The summed E-state index contributed by atoms with van der Waals surface area (Å²) in [6.07, 6.45) is 0.351. The second-order valence-electron chi connectivity index (χ2n) is 7.16. The van der Waals surface area contributed by atoms with E-state index in [4.69, 9.17) is 5.41 Å². The summed E-state index contributed by atoms with van der Waals surface area (Å²) in [6.45, 7) is 4.19. The van der Waals surface area contributed by atoms with Crippen molar-refractivity contribution < 1.29 is 5.11 Å². The Morgan fingerprint density at radius 3 is 2.11 bits per heavy atom. The lowest BCUT2D eigenvalue weighted by molar-refractivity contribution is 0.155. The van der Waals surface area contributed by atoms with Crippen LogP contribution in [0.3, 0.4) is 0 Å². The molecule has 2 aromatic carbocycles. The van der Waals surface area contributed by atoms with Crippen molar-refractivity contribution in [2.24, 2.45) is 0 Å². The minimum atomic E-state index is -0.634. The van der Waals surface area contributed by atoms with Gasteiger partial charge in [-0.15, -0.1) is 24.8 Å². The fourth-order valence-corrected chi connectivity index (χ4v) is 3.32. The van der Waals surface area contributed by atoms with Gasteiger partial charge in [0.15, 0.2) is 0 Å². The third-order valence-corrected chi connectivity index (χ3v) is 4.78. The number of imidazole rings is 1. The number of aryl methyl sites for hydroxylation is 2. The minimum Gasteiger partial charge on any atom is -0.387 e. The molecule has 3 rings (SSSR count).